The number of nitrogens with zero attached hydrogens (tertiary/aromatic N) is 2. The van der Waals surface area contributed by atoms with Gasteiger partial charge in [0.25, 0.3) is 0 Å². The molecule has 102 valence electrons. The molecule has 3 nitrogen and oxygen atoms in total. The molecule has 1 aromatic heterocycles. The number of fused-ring (bicyclic) bond motifs is 1. The number of rotatable bonds is 2. The van der Waals surface area contributed by atoms with Crippen molar-refractivity contribution in [1.82, 2.24) is 9.88 Å². The summed E-state index contributed by atoms with van der Waals surface area (Å²) in [4.78, 5) is 7.14. The Morgan fingerprint density at radius 1 is 1.47 bits per heavy atom. The second-order valence-electron chi connectivity index (χ2n) is 5.10. The van der Waals surface area contributed by atoms with Gasteiger partial charge in [-0.3, -0.25) is 0 Å². The van der Waals surface area contributed by atoms with Crippen LogP contribution < -0.4 is 0 Å². The van der Waals surface area contributed by atoms with Gasteiger partial charge in [-0.15, -0.1) is 11.3 Å². The van der Waals surface area contributed by atoms with Gasteiger partial charge in [-0.2, -0.15) is 0 Å². The van der Waals surface area contributed by atoms with Gasteiger partial charge < -0.3 is 9.64 Å². The van der Waals surface area contributed by atoms with Crippen molar-refractivity contribution < 1.29 is 4.74 Å². The van der Waals surface area contributed by atoms with E-state index in [4.69, 9.17) is 9.72 Å². The molecule has 0 aliphatic carbocycles. The monoisotopic (exact) mass is 340 g/mol. The lowest BCUT2D eigenvalue weighted by Gasteiger charge is -2.34. The number of ether oxygens (including phenoxy) is 1. The van der Waals surface area contributed by atoms with Crippen molar-refractivity contribution in [2.45, 2.75) is 18.4 Å². The van der Waals surface area contributed by atoms with Crippen molar-refractivity contribution in [2.75, 3.05) is 27.2 Å². The molecule has 0 radical (unpaired) electrons. The van der Waals surface area contributed by atoms with Gasteiger partial charge in [0, 0.05) is 24.0 Å². The maximum Gasteiger partial charge on any atom is 0.0996 e. The van der Waals surface area contributed by atoms with E-state index in [1.807, 2.05) is 0 Å². The van der Waals surface area contributed by atoms with E-state index in [1.165, 1.54) is 9.71 Å². The zero-order chi connectivity index (χ0) is 13.4. The van der Waals surface area contributed by atoms with Crippen LogP contribution in [0.5, 0.6) is 0 Å². The Balaban J connectivity index is 1.94. The molecule has 2 atom stereocenters. The number of halogens is 1. The summed E-state index contributed by atoms with van der Waals surface area (Å²) >= 11 is 5.31. The summed E-state index contributed by atoms with van der Waals surface area (Å²) in [7, 11) is 3.96. The van der Waals surface area contributed by atoms with Gasteiger partial charge in [0.2, 0.25) is 0 Å². The summed E-state index contributed by atoms with van der Waals surface area (Å²) in [5.74, 6) is 0.428. The Labute approximate surface area is 125 Å². The number of likely N-dealkylation sites (N-methyl/N-ethyl adjacent to an activating group) is 1. The van der Waals surface area contributed by atoms with Crippen LogP contribution in [-0.2, 0) is 4.74 Å². The van der Waals surface area contributed by atoms with Gasteiger partial charge in [0.1, 0.15) is 0 Å². The molecule has 3 rings (SSSR count). The third kappa shape index (κ3) is 2.70. The number of benzene rings is 1. The molecule has 0 spiro atoms. The molecule has 1 aliphatic rings. The number of likely N-dealkylation sites (tertiary alicyclic amines) is 1. The highest BCUT2D eigenvalue weighted by Gasteiger charge is 2.31. The smallest absolute Gasteiger partial charge is 0.0996 e. The molecule has 1 fully saturated rings. The topological polar surface area (TPSA) is 25.4 Å². The van der Waals surface area contributed by atoms with Gasteiger partial charge in [-0.1, -0.05) is 15.9 Å². The number of piperidine rings is 1. The summed E-state index contributed by atoms with van der Waals surface area (Å²) in [6, 6.07) is 6.30. The van der Waals surface area contributed by atoms with E-state index in [0.717, 1.165) is 29.5 Å². The second-order valence-corrected chi connectivity index (χ2v) is 7.07. The molecule has 1 saturated heterocycles. The van der Waals surface area contributed by atoms with E-state index >= 15 is 0 Å². The highest BCUT2D eigenvalue weighted by molar-refractivity contribution is 9.10. The average Bonchev–Trinajstić information content (AvgIpc) is 2.81. The Bertz CT molecular complexity index is 586. The number of methoxy groups -OCH3 is 1. The molecule has 0 bridgehead atoms. The molecule has 5 heteroatoms. The van der Waals surface area contributed by atoms with Crippen molar-refractivity contribution in [2.24, 2.45) is 0 Å². The lowest BCUT2D eigenvalue weighted by Crippen LogP contribution is -2.41. The summed E-state index contributed by atoms with van der Waals surface area (Å²) in [6.45, 7) is 2.10. The number of hydrogen-bond acceptors (Lipinski definition) is 4. The fourth-order valence-electron chi connectivity index (χ4n) is 2.67. The molecule has 0 amide bonds. The predicted octanol–water partition coefficient (Wildman–Crippen LogP) is 3.49. The Morgan fingerprint density at radius 2 is 2.32 bits per heavy atom. The first kappa shape index (κ1) is 13.5. The highest BCUT2D eigenvalue weighted by atomic mass is 79.9. The standard InChI is InChI=1S/C14H17BrN2OS/c1-17-6-5-10(12(8-17)18-2)14-16-11-7-9(15)3-4-13(11)19-14/h3-4,7,10,12H,5-6,8H2,1-2H3/t10-,12-/m1/s1. The van der Waals surface area contributed by atoms with Crippen molar-refractivity contribution in [3.63, 3.8) is 0 Å². The fourth-order valence-corrected chi connectivity index (χ4v) is 4.15. The van der Waals surface area contributed by atoms with E-state index in [1.54, 1.807) is 18.4 Å². The highest BCUT2D eigenvalue weighted by Crippen LogP contribution is 2.35. The lowest BCUT2D eigenvalue weighted by molar-refractivity contribution is 0.0233. The number of aromatic nitrogens is 1. The second kappa shape index (κ2) is 5.48. The van der Waals surface area contributed by atoms with Crippen LogP contribution in [0.4, 0.5) is 0 Å². The Morgan fingerprint density at radius 3 is 3.11 bits per heavy atom. The van der Waals surface area contributed by atoms with E-state index in [9.17, 15) is 0 Å². The fraction of sp³-hybridized carbons (Fsp3) is 0.500. The quantitative estimate of drug-likeness (QED) is 0.836. The van der Waals surface area contributed by atoms with Crippen LogP contribution in [0.3, 0.4) is 0 Å². The van der Waals surface area contributed by atoms with Gasteiger partial charge in [0.05, 0.1) is 21.3 Å². The van der Waals surface area contributed by atoms with Crippen LogP contribution in [-0.4, -0.2) is 43.2 Å². The van der Waals surface area contributed by atoms with Crippen LogP contribution in [0, 0.1) is 0 Å². The van der Waals surface area contributed by atoms with E-state index in [0.29, 0.717) is 5.92 Å². The lowest BCUT2D eigenvalue weighted by atomic mass is 9.94. The van der Waals surface area contributed by atoms with Crippen molar-refractivity contribution >= 4 is 37.5 Å². The SMILES string of the molecule is CO[C@@H]1CN(C)CC[C@H]1c1nc2cc(Br)ccc2s1. The molecule has 19 heavy (non-hydrogen) atoms. The van der Waals surface area contributed by atoms with Crippen molar-refractivity contribution in [3.05, 3.63) is 27.7 Å². The minimum Gasteiger partial charge on any atom is -0.379 e. The molecule has 0 N–H and O–H groups in total. The molecule has 0 unspecified atom stereocenters. The number of thiazole rings is 1. The van der Waals surface area contributed by atoms with Gasteiger partial charge >= 0.3 is 0 Å². The molecule has 2 aromatic rings. The normalized spacial score (nSPS) is 25.0. The van der Waals surface area contributed by atoms with Crippen molar-refractivity contribution in [3.8, 4) is 0 Å². The molecule has 2 heterocycles. The van der Waals surface area contributed by atoms with Crippen LogP contribution >= 0.6 is 27.3 Å². The van der Waals surface area contributed by atoms with Crippen molar-refractivity contribution in [1.29, 1.82) is 0 Å². The molecule has 0 saturated carbocycles. The first-order valence-electron chi connectivity index (χ1n) is 6.44. The van der Waals surface area contributed by atoms with Crippen LogP contribution in [0.1, 0.15) is 17.3 Å². The maximum atomic E-state index is 5.66. The third-order valence-electron chi connectivity index (χ3n) is 3.75. The Hall–Kier alpha value is -0.490. The first-order valence-corrected chi connectivity index (χ1v) is 8.05. The largest absolute Gasteiger partial charge is 0.379 e. The number of hydrogen-bond donors (Lipinski definition) is 0. The zero-order valence-electron chi connectivity index (χ0n) is 11.1. The van der Waals surface area contributed by atoms with E-state index in [2.05, 4.69) is 46.1 Å². The molecular formula is C14H17BrN2OS. The summed E-state index contributed by atoms with van der Waals surface area (Å²) < 4.78 is 8.01. The molecule has 1 aliphatic heterocycles. The van der Waals surface area contributed by atoms with Crippen LogP contribution in [0.15, 0.2) is 22.7 Å². The van der Waals surface area contributed by atoms with E-state index < -0.39 is 0 Å². The molecular weight excluding hydrogens is 324 g/mol. The zero-order valence-corrected chi connectivity index (χ0v) is 13.5. The van der Waals surface area contributed by atoms with Crippen LogP contribution in [0.2, 0.25) is 0 Å². The summed E-state index contributed by atoms with van der Waals surface area (Å²) in [6.07, 6.45) is 1.37. The summed E-state index contributed by atoms with van der Waals surface area (Å²) in [5.41, 5.74) is 1.09. The van der Waals surface area contributed by atoms with Gasteiger partial charge in [0.15, 0.2) is 0 Å². The van der Waals surface area contributed by atoms with E-state index in [-0.39, 0.29) is 6.10 Å². The minimum atomic E-state index is 0.253. The maximum absolute atomic E-state index is 5.66. The third-order valence-corrected chi connectivity index (χ3v) is 5.41. The van der Waals surface area contributed by atoms with Gasteiger partial charge in [-0.25, -0.2) is 4.98 Å². The predicted molar refractivity (Wildman–Crippen MR) is 83.0 cm³/mol. The summed E-state index contributed by atoms with van der Waals surface area (Å²) in [5, 5.41) is 1.22. The molecule has 1 aromatic carbocycles. The average molecular weight is 341 g/mol. The first-order chi connectivity index (χ1) is 9.17. The van der Waals surface area contributed by atoms with Gasteiger partial charge in [-0.05, 0) is 38.2 Å². The van der Waals surface area contributed by atoms with Crippen LogP contribution in [0.25, 0.3) is 10.2 Å². The minimum absolute atomic E-state index is 0.253. The Kier molecular flexibility index (Phi) is 3.89.